The van der Waals surface area contributed by atoms with Crippen molar-refractivity contribution >= 4 is 23.5 Å². The molecule has 0 aliphatic carbocycles. The maximum atomic E-state index is 5.02. The van der Waals surface area contributed by atoms with Crippen LogP contribution in [0.15, 0.2) is 68.5 Å². The quantitative estimate of drug-likeness (QED) is 0.665. The van der Waals surface area contributed by atoms with Gasteiger partial charge in [-0.15, -0.1) is 0 Å². The van der Waals surface area contributed by atoms with E-state index in [4.69, 9.17) is 4.74 Å². The molecule has 0 radical (unpaired) electrons. The molecule has 3 rings (SSSR count). The predicted octanol–water partition coefficient (Wildman–Crippen LogP) is 4.15. The molecular weight excluding hydrogens is 224 g/mol. The maximum absolute atomic E-state index is 5.02. The summed E-state index contributed by atoms with van der Waals surface area (Å²) < 4.78 is 6.35. The molecule has 74 valence electrons. The first kappa shape index (κ1) is 9.19. The molecule has 0 amide bonds. The van der Waals surface area contributed by atoms with Crippen molar-refractivity contribution in [2.75, 3.05) is 0 Å². The Morgan fingerprint density at radius 1 is 0.867 bits per heavy atom. The third-order valence-electron chi connectivity index (χ3n) is 2.14. The van der Waals surface area contributed by atoms with E-state index >= 15 is 0 Å². The van der Waals surface area contributed by atoms with Gasteiger partial charge in [0.25, 0.3) is 0 Å². The van der Waals surface area contributed by atoms with Gasteiger partial charge in [0, 0.05) is 15.4 Å². The number of thioether (sulfide) groups is 2. The van der Waals surface area contributed by atoms with Gasteiger partial charge in [-0.3, -0.25) is 0 Å². The third kappa shape index (κ3) is 1.73. The summed E-state index contributed by atoms with van der Waals surface area (Å²) in [6.07, 6.45) is 7.43. The number of fused-ring (bicyclic) bond motifs is 1. The topological polar surface area (TPSA) is 9.23 Å². The summed E-state index contributed by atoms with van der Waals surface area (Å²) in [5.41, 5.74) is 1.23. The number of rotatable bonds is 0. The van der Waals surface area contributed by atoms with Gasteiger partial charge >= 0.3 is 0 Å². The second kappa shape index (κ2) is 3.83. The first-order chi connectivity index (χ1) is 7.43. The molecule has 0 bridgehead atoms. The summed E-state index contributed by atoms with van der Waals surface area (Å²) in [6.45, 7) is 0. The molecule has 0 saturated heterocycles. The van der Waals surface area contributed by atoms with E-state index in [2.05, 4.69) is 24.3 Å². The number of ether oxygens (including phenoxy) is 1. The van der Waals surface area contributed by atoms with Crippen LogP contribution < -0.4 is 0 Å². The van der Waals surface area contributed by atoms with Crippen LogP contribution in [0.1, 0.15) is 0 Å². The summed E-state index contributed by atoms with van der Waals surface area (Å²) >= 11 is 3.65. The summed E-state index contributed by atoms with van der Waals surface area (Å²) in [5.74, 6) is 0. The van der Waals surface area contributed by atoms with Crippen LogP contribution in [0.4, 0.5) is 0 Å². The number of hydrogen-bond donors (Lipinski definition) is 0. The Morgan fingerprint density at radius 2 is 1.47 bits per heavy atom. The van der Waals surface area contributed by atoms with Crippen LogP contribution in [0, 0.1) is 0 Å². The minimum Gasteiger partial charge on any atom is -0.473 e. The SMILES string of the molecule is C1=CC(=C2Sc3ccccc3S2)C=CO1. The standard InChI is InChI=1S/C12H8OS2/c1-2-4-11-10(3-1)14-12(15-11)9-5-7-13-8-6-9/h1-8H. The van der Waals surface area contributed by atoms with E-state index < -0.39 is 0 Å². The van der Waals surface area contributed by atoms with Gasteiger partial charge in [0.2, 0.25) is 0 Å². The molecule has 0 atom stereocenters. The van der Waals surface area contributed by atoms with Crippen molar-refractivity contribution in [1.29, 1.82) is 0 Å². The molecule has 0 fully saturated rings. The van der Waals surface area contributed by atoms with Crippen molar-refractivity contribution in [3.8, 4) is 0 Å². The van der Waals surface area contributed by atoms with Gasteiger partial charge in [-0.05, 0) is 24.3 Å². The maximum Gasteiger partial charge on any atom is 0.0907 e. The van der Waals surface area contributed by atoms with E-state index in [1.807, 2.05) is 35.7 Å². The zero-order valence-corrected chi connectivity index (χ0v) is 9.48. The predicted molar refractivity (Wildman–Crippen MR) is 64.5 cm³/mol. The van der Waals surface area contributed by atoms with Crippen molar-refractivity contribution in [3.05, 3.63) is 58.8 Å². The molecule has 2 aliphatic heterocycles. The normalized spacial score (nSPS) is 17.9. The zero-order chi connectivity index (χ0) is 10.1. The number of allylic oxidation sites excluding steroid dienone is 3. The molecule has 2 aliphatic rings. The van der Waals surface area contributed by atoms with Gasteiger partial charge in [-0.2, -0.15) is 0 Å². The molecular formula is C12H8OS2. The smallest absolute Gasteiger partial charge is 0.0907 e. The van der Waals surface area contributed by atoms with E-state index in [-0.39, 0.29) is 0 Å². The van der Waals surface area contributed by atoms with E-state index in [9.17, 15) is 0 Å². The van der Waals surface area contributed by atoms with Crippen LogP contribution in [-0.4, -0.2) is 0 Å². The highest BCUT2D eigenvalue weighted by atomic mass is 32.2. The summed E-state index contributed by atoms with van der Waals surface area (Å²) in [7, 11) is 0. The minimum atomic E-state index is 1.23. The average molecular weight is 232 g/mol. The molecule has 1 aromatic rings. The van der Waals surface area contributed by atoms with Crippen molar-refractivity contribution in [2.45, 2.75) is 9.79 Å². The van der Waals surface area contributed by atoms with Crippen LogP contribution in [0.25, 0.3) is 0 Å². The van der Waals surface area contributed by atoms with Crippen LogP contribution in [0.5, 0.6) is 0 Å². The lowest BCUT2D eigenvalue weighted by molar-refractivity contribution is 0.398. The first-order valence-corrected chi connectivity index (χ1v) is 6.24. The van der Waals surface area contributed by atoms with Crippen molar-refractivity contribution < 1.29 is 4.74 Å². The van der Waals surface area contributed by atoms with Crippen LogP contribution in [0.2, 0.25) is 0 Å². The third-order valence-corrected chi connectivity index (χ3v) is 4.77. The molecule has 2 heterocycles. The highest BCUT2D eigenvalue weighted by Gasteiger charge is 2.18. The van der Waals surface area contributed by atoms with Gasteiger partial charge < -0.3 is 4.74 Å². The van der Waals surface area contributed by atoms with Crippen LogP contribution in [-0.2, 0) is 4.74 Å². The van der Waals surface area contributed by atoms with E-state index in [0.29, 0.717) is 0 Å². The molecule has 1 nitrogen and oxygen atoms in total. The van der Waals surface area contributed by atoms with Crippen LogP contribution in [0.3, 0.4) is 0 Å². The summed E-state index contributed by atoms with van der Waals surface area (Å²) in [6, 6.07) is 8.48. The Labute approximate surface area is 96.9 Å². The molecule has 0 aromatic heterocycles. The van der Waals surface area contributed by atoms with Gasteiger partial charge in [0.1, 0.15) is 0 Å². The fraction of sp³-hybridized carbons (Fsp3) is 0. The lowest BCUT2D eigenvalue weighted by atomic mass is 10.3. The Bertz CT molecular complexity index is 445. The van der Waals surface area contributed by atoms with Crippen molar-refractivity contribution in [2.24, 2.45) is 0 Å². The summed E-state index contributed by atoms with van der Waals surface area (Å²) in [5, 5.41) is 0. The molecule has 0 saturated carbocycles. The lowest BCUT2D eigenvalue weighted by Crippen LogP contribution is -1.81. The van der Waals surface area contributed by atoms with Gasteiger partial charge in [0.05, 0.1) is 16.8 Å². The first-order valence-electron chi connectivity index (χ1n) is 4.61. The number of hydrogen-bond acceptors (Lipinski definition) is 3. The Balaban J connectivity index is 1.98. The van der Waals surface area contributed by atoms with Gasteiger partial charge in [-0.25, -0.2) is 0 Å². The number of benzene rings is 1. The molecule has 3 heteroatoms. The van der Waals surface area contributed by atoms with Crippen molar-refractivity contribution in [1.82, 2.24) is 0 Å². The largest absolute Gasteiger partial charge is 0.473 e. The molecule has 0 N–H and O–H groups in total. The highest BCUT2D eigenvalue weighted by molar-refractivity contribution is 8.24. The molecule has 0 unspecified atom stereocenters. The molecule has 0 spiro atoms. The second-order valence-corrected chi connectivity index (χ2v) is 5.50. The monoisotopic (exact) mass is 232 g/mol. The fourth-order valence-electron chi connectivity index (χ4n) is 1.42. The van der Waals surface area contributed by atoms with Crippen LogP contribution >= 0.6 is 23.5 Å². The van der Waals surface area contributed by atoms with Gasteiger partial charge in [0.15, 0.2) is 0 Å². The molecule has 1 aromatic carbocycles. The lowest BCUT2D eigenvalue weighted by Gasteiger charge is -2.03. The van der Waals surface area contributed by atoms with E-state index in [1.165, 1.54) is 19.6 Å². The highest BCUT2D eigenvalue weighted by Crippen LogP contribution is 2.52. The van der Waals surface area contributed by atoms with Crippen molar-refractivity contribution in [3.63, 3.8) is 0 Å². The fourth-order valence-corrected chi connectivity index (χ4v) is 3.91. The Kier molecular flexibility index (Phi) is 2.35. The van der Waals surface area contributed by atoms with Gasteiger partial charge in [-0.1, -0.05) is 35.7 Å². The average Bonchev–Trinajstić information content (AvgIpc) is 2.74. The molecule has 15 heavy (non-hydrogen) atoms. The second-order valence-electron chi connectivity index (χ2n) is 3.14. The Hall–Kier alpha value is -1.06. The minimum absolute atomic E-state index is 1.23. The Morgan fingerprint density at radius 3 is 2.07 bits per heavy atom. The van der Waals surface area contributed by atoms with E-state index in [0.717, 1.165) is 0 Å². The zero-order valence-electron chi connectivity index (χ0n) is 7.84. The summed E-state index contributed by atoms with van der Waals surface area (Å²) in [4.78, 5) is 2.69. The van der Waals surface area contributed by atoms with E-state index in [1.54, 1.807) is 12.5 Å².